The summed E-state index contributed by atoms with van der Waals surface area (Å²) in [6, 6.07) is 9.02. The third-order valence-corrected chi connectivity index (χ3v) is 3.00. The van der Waals surface area contributed by atoms with Gasteiger partial charge in [-0.1, -0.05) is 15.9 Å². The van der Waals surface area contributed by atoms with E-state index in [9.17, 15) is 9.18 Å². The van der Waals surface area contributed by atoms with Crippen LogP contribution >= 0.6 is 15.9 Å². The van der Waals surface area contributed by atoms with Crippen LogP contribution < -0.4 is 0 Å². The molecule has 0 saturated heterocycles. The Labute approximate surface area is 111 Å². The van der Waals surface area contributed by atoms with Gasteiger partial charge < -0.3 is 5.11 Å². The number of carbonyl (C=O) groups is 1. The quantitative estimate of drug-likeness (QED) is 0.883. The lowest BCUT2D eigenvalue weighted by Crippen LogP contribution is -2.04. The Morgan fingerprint density at radius 1 is 1.22 bits per heavy atom. The first-order chi connectivity index (χ1) is 8.61. The SMILES string of the molecule is O=C(O)c1ccc(-c2ccc(F)cc2)nc1CBr. The zero-order valence-electron chi connectivity index (χ0n) is 9.23. The van der Waals surface area contributed by atoms with Gasteiger partial charge in [-0.15, -0.1) is 0 Å². The Morgan fingerprint density at radius 3 is 2.44 bits per heavy atom. The van der Waals surface area contributed by atoms with E-state index in [1.165, 1.54) is 18.2 Å². The molecule has 1 N–H and O–H groups in total. The maximum Gasteiger partial charge on any atom is 0.337 e. The van der Waals surface area contributed by atoms with Crippen LogP contribution in [0, 0.1) is 5.82 Å². The number of aromatic carboxylic acids is 1. The van der Waals surface area contributed by atoms with Gasteiger partial charge in [0.15, 0.2) is 0 Å². The molecule has 0 saturated carbocycles. The summed E-state index contributed by atoms with van der Waals surface area (Å²) >= 11 is 3.21. The number of benzene rings is 1. The second-order valence-electron chi connectivity index (χ2n) is 3.64. The summed E-state index contributed by atoms with van der Waals surface area (Å²) < 4.78 is 12.8. The van der Waals surface area contributed by atoms with Crippen molar-refractivity contribution >= 4 is 21.9 Å². The number of halogens is 2. The molecule has 0 amide bonds. The minimum Gasteiger partial charge on any atom is -0.478 e. The Hall–Kier alpha value is -1.75. The molecule has 1 heterocycles. The first-order valence-corrected chi connectivity index (χ1v) is 6.29. The Bertz CT molecular complexity index is 584. The molecule has 2 rings (SSSR count). The van der Waals surface area contributed by atoms with Gasteiger partial charge in [0.25, 0.3) is 0 Å². The lowest BCUT2D eigenvalue weighted by molar-refractivity contribution is 0.0695. The van der Waals surface area contributed by atoms with Gasteiger partial charge in [0.05, 0.1) is 17.0 Å². The van der Waals surface area contributed by atoms with E-state index in [0.29, 0.717) is 16.7 Å². The van der Waals surface area contributed by atoms with E-state index in [2.05, 4.69) is 20.9 Å². The van der Waals surface area contributed by atoms with Crippen LogP contribution in [0.3, 0.4) is 0 Å². The standard InChI is InChI=1S/C13H9BrFNO2/c14-7-12-10(13(17)18)5-6-11(16-12)8-1-3-9(15)4-2-8/h1-6H,7H2,(H,17,18). The van der Waals surface area contributed by atoms with Gasteiger partial charge in [-0.2, -0.15) is 0 Å². The highest BCUT2D eigenvalue weighted by Crippen LogP contribution is 2.20. The molecule has 3 nitrogen and oxygen atoms in total. The van der Waals surface area contributed by atoms with Gasteiger partial charge in [0.1, 0.15) is 5.82 Å². The Balaban J connectivity index is 2.47. The van der Waals surface area contributed by atoms with Crippen molar-refractivity contribution in [3.63, 3.8) is 0 Å². The van der Waals surface area contributed by atoms with Crippen molar-refractivity contribution in [3.8, 4) is 11.3 Å². The lowest BCUT2D eigenvalue weighted by atomic mass is 10.1. The van der Waals surface area contributed by atoms with Gasteiger partial charge >= 0.3 is 5.97 Å². The number of carboxylic acids is 1. The van der Waals surface area contributed by atoms with Crippen molar-refractivity contribution in [1.82, 2.24) is 4.98 Å². The highest BCUT2D eigenvalue weighted by atomic mass is 79.9. The van der Waals surface area contributed by atoms with Crippen molar-refractivity contribution in [3.05, 3.63) is 53.5 Å². The molecular formula is C13H9BrFNO2. The second-order valence-corrected chi connectivity index (χ2v) is 4.20. The molecule has 0 aliphatic heterocycles. The van der Waals surface area contributed by atoms with E-state index >= 15 is 0 Å². The van der Waals surface area contributed by atoms with Crippen LogP contribution in [0.5, 0.6) is 0 Å². The van der Waals surface area contributed by atoms with Crippen LogP contribution in [0.25, 0.3) is 11.3 Å². The Kier molecular flexibility index (Phi) is 3.72. The second kappa shape index (κ2) is 5.27. The fraction of sp³-hybridized carbons (Fsp3) is 0.0769. The highest BCUT2D eigenvalue weighted by molar-refractivity contribution is 9.08. The topological polar surface area (TPSA) is 50.2 Å². The van der Waals surface area contributed by atoms with E-state index in [0.717, 1.165) is 5.56 Å². The summed E-state index contributed by atoms with van der Waals surface area (Å²) in [4.78, 5) is 15.2. The van der Waals surface area contributed by atoms with Crippen LogP contribution in [0.2, 0.25) is 0 Å². The monoisotopic (exact) mass is 309 g/mol. The summed E-state index contributed by atoms with van der Waals surface area (Å²) in [5.74, 6) is -1.33. The van der Waals surface area contributed by atoms with Gasteiger partial charge in [-0.3, -0.25) is 4.98 Å². The first kappa shape index (κ1) is 12.7. The average molecular weight is 310 g/mol. The molecule has 0 aliphatic rings. The summed E-state index contributed by atoms with van der Waals surface area (Å²) in [5, 5.41) is 9.34. The third kappa shape index (κ3) is 2.56. The van der Waals surface area contributed by atoms with E-state index < -0.39 is 5.97 Å². The zero-order chi connectivity index (χ0) is 13.1. The highest BCUT2D eigenvalue weighted by Gasteiger charge is 2.12. The molecule has 0 unspecified atom stereocenters. The van der Waals surface area contributed by atoms with Gasteiger partial charge in [-0.25, -0.2) is 9.18 Å². The molecule has 92 valence electrons. The van der Waals surface area contributed by atoms with Crippen LogP contribution in [0.1, 0.15) is 16.1 Å². The predicted octanol–water partition coefficient (Wildman–Crippen LogP) is 3.48. The van der Waals surface area contributed by atoms with Crippen molar-refractivity contribution in [2.45, 2.75) is 5.33 Å². The normalized spacial score (nSPS) is 10.3. The summed E-state index contributed by atoms with van der Waals surface area (Å²) in [6.07, 6.45) is 0. The van der Waals surface area contributed by atoms with Crippen LogP contribution in [-0.2, 0) is 5.33 Å². The average Bonchev–Trinajstić information content (AvgIpc) is 2.38. The zero-order valence-corrected chi connectivity index (χ0v) is 10.8. The maximum absolute atomic E-state index is 12.8. The summed E-state index contributed by atoms with van der Waals surface area (Å²) in [5.41, 5.74) is 1.98. The molecule has 0 spiro atoms. The smallest absolute Gasteiger partial charge is 0.337 e. The molecule has 2 aromatic rings. The van der Waals surface area contributed by atoms with E-state index in [1.54, 1.807) is 18.2 Å². The van der Waals surface area contributed by atoms with Crippen molar-refractivity contribution in [1.29, 1.82) is 0 Å². The molecule has 0 aliphatic carbocycles. The number of alkyl halides is 1. The van der Waals surface area contributed by atoms with E-state index in [4.69, 9.17) is 5.11 Å². The fourth-order valence-corrected chi connectivity index (χ4v) is 2.01. The number of rotatable bonds is 3. The Morgan fingerprint density at radius 2 is 1.89 bits per heavy atom. The van der Waals surface area contributed by atoms with Crippen LogP contribution in [-0.4, -0.2) is 16.1 Å². The van der Waals surface area contributed by atoms with Crippen LogP contribution in [0.15, 0.2) is 36.4 Å². The maximum atomic E-state index is 12.8. The fourth-order valence-electron chi connectivity index (χ4n) is 1.58. The number of carboxylic acid groups (broad SMARTS) is 1. The minimum atomic E-state index is -1.01. The lowest BCUT2D eigenvalue weighted by Gasteiger charge is -2.06. The van der Waals surface area contributed by atoms with Gasteiger partial charge in [0, 0.05) is 10.9 Å². The number of hydrogen-bond acceptors (Lipinski definition) is 2. The van der Waals surface area contributed by atoms with E-state index in [1.807, 2.05) is 0 Å². The molecule has 5 heteroatoms. The number of aromatic nitrogens is 1. The number of hydrogen-bond donors (Lipinski definition) is 1. The first-order valence-electron chi connectivity index (χ1n) is 5.17. The van der Waals surface area contributed by atoms with Gasteiger partial charge in [0.2, 0.25) is 0 Å². The molecule has 0 fully saturated rings. The molecule has 18 heavy (non-hydrogen) atoms. The molecule has 0 radical (unpaired) electrons. The molecule has 1 aromatic heterocycles. The summed E-state index contributed by atoms with van der Waals surface area (Å²) in [6.45, 7) is 0. The molecular weight excluding hydrogens is 301 g/mol. The molecule has 0 bridgehead atoms. The van der Waals surface area contributed by atoms with E-state index in [-0.39, 0.29) is 11.4 Å². The summed E-state index contributed by atoms with van der Waals surface area (Å²) in [7, 11) is 0. The van der Waals surface area contributed by atoms with Crippen LogP contribution in [0.4, 0.5) is 4.39 Å². The van der Waals surface area contributed by atoms with Crippen molar-refractivity contribution in [2.75, 3.05) is 0 Å². The third-order valence-electron chi connectivity index (χ3n) is 2.47. The number of nitrogens with zero attached hydrogens (tertiary/aromatic N) is 1. The van der Waals surface area contributed by atoms with Crippen molar-refractivity contribution in [2.24, 2.45) is 0 Å². The minimum absolute atomic E-state index is 0.165. The largest absolute Gasteiger partial charge is 0.478 e. The van der Waals surface area contributed by atoms with Gasteiger partial charge in [-0.05, 0) is 36.4 Å². The predicted molar refractivity (Wildman–Crippen MR) is 69.2 cm³/mol. The van der Waals surface area contributed by atoms with Crippen molar-refractivity contribution < 1.29 is 14.3 Å². The molecule has 0 atom stereocenters. The molecule has 1 aromatic carbocycles. The number of pyridine rings is 1.